The van der Waals surface area contributed by atoms with E-state index in [2.05, 4.69) is 47.7 Å². The molecule has 0 radical (unpaired) electrons. The van der Waals surface area contributed by atoms with Crippen molar-refractivity contribution in [1.82, 2.24) is 14.9 Å². The number of hydrogen-bond donors (Lipinski definition) is 0. The molecular weight excluding hydrogens is 260 g/mol. The normalized spacial score (nSPS) is 23.4. The molecule has 1 fully saturated rings. The third-order valence-corrected chi connectivity index (χ3v) is 4.33. The van der Waals surface area contributed by atoms with E-state index in [1.165, 1.54) is 0 Å². The van der Waals surface area contributed by atoms with E-state index >= 15 is 0 Å². The Balaban J connectivity index is 2.30. The molecule has 2 unspecified atom stereocenters. The van der Waals surface area contributed by atoms with Gasteiger partial charge in [0.05, 0.1) is 0 Å². The Morgan fingerprint density at radius 2 is 2.00 bits per heavy atom. The molecule has 1 saturated heterocycles. The van der Waals surface area contributed by atoms with Crippen molar-refractivity contribution in [3.05, 3.63) is 16.5 Å². The Labute approximate surface area is 120 Å². The minimum absolute atomic E-state index is 0.568. The van der Waals surface area contributed by atoms with E-state index in [1.54, 1.807) is 0 Å². The summed E-state index contributed by atoms with van der Waals surface area (Å²) >= 11 is 6.22. The molecule has 0 aliphatic carbocycles. The van der Waals surface area contributed by atoms with Crippen LogP contribution < -0.4 is 4.90 Å². The number of aromatic nitrogens is 2. The maximum absolute atomic E-state index is 6.22. The number of aryl methyl sites for hydroxylation is 1. The maximum Gasteiger partial charge on any atom is 0.137 e. The van der Waals surface area contributed by atoms with E-state index in [1.807, 2.05) is 6.92 Å². The molecule has 0 saturated carbocycles. The van der Waals surface area contributed by atoms with Gasteiger partial charge < -0.3 is 9.80 Å². The SMILES string of the molecule is CCc1nc(Cl)c(C)c(N2CC(C)C(N(C)C)C2)n1. The van der Waals surface area contributed by atoms with Crippen LogP contribution in [0.5, 0.6) is 0 Å². The molecule has 0 amide bonds. The molecule has 1 aromatic heterocycles. The summed E-state index contributed by atoms with van der Waals surface area (Å²) < 4.78 is 0. The number of likely N-dealkylation sites (N-methyl/N-ethyl adjacent to an activating group) is 1. The Bertz CT molecular complexity index is 461. The highest BCUT2D eigenvalue weighted by Crippen LogP contribution is 2.29. The van der Waals surface area contributed by atoms with Gasteiger partial charge in [-0.3, -0.25) is 0 Å². The smallest absolute Gasteiger partial charge is 0.137 e. The van der Waals surface area contributed by atoms with Gasteiger partial charge in [0.15, 0.2) is 0 Å². The number of rotatable bonds is 3. The lowest BCUT2D eigenvalue weighted by Crippen LogP contribution is -2.34. The molecule has 1 aromatic rings. The molecular formula is C14H23ClN4. The molecule has 0 N–H and O–H groups in total. The summed E-state index contributed by atoms with van der Waals surface area (Å²) in [6, 6.07) is 0.568. The van der Waals surface area contributed by atoms with Crippen molar-refractivity contribution in [2.24, 2.45) is 5.92 Å². The Morgan fingerprint density at radius 3 is 2.53 bits per heavy atom. The van der Waals surface area contributed by atoms with Gasteiger partial charge in [-0.1, -0.05) is 25.4 Å². The molecule has 2 atom stereocenters. The van der Waals surface area contributed by atoms with E-state index < -0.39 is 0 Å². The Kier molecular flexibility index (Phi) is 4.31. The van der Waals surface area contributed by atoms with Gasteiger partial charge in [-0.25, -0.2) is 9.97 Å². The van der Waals surface area contributed by atoms with Gasteiger partial charge in [0.2, 0.25) is 0 Å². The lowest BCUT2D eigenvalue weighted by Gasteiger charge is -2.23. The van der Waals surface area contributed by atoms with Gasteiger partial charge in [0.25, 0.3) is 0 Å². The van der Waals surface area contributed by atoms with E-state index in [0.717, 1.165) is 36.7 Å². The second kappa shape index (κ2) is 5.63. The molecule has 1 aliphatic heterocycles. The highest BCUT2D eigenvalue weighted by Gasteiger charge is 2.32. The standard InChI is InChI=1S/C14H23ClN4/c1-6-12-16-13(15)10(3)14(17-12)19-7-9(2)11(8-19)18(4)5/h9,11H,6-8H2,1-5H3. The number of anilines is 1. The fraction of sp³-hybridized carbons (Fsp3) is 0.714. The molecule has 0 aromatic carbocycles. The minimum Gasteiger partial charge on any atom is -0.354 e. The van der Waals surface area contributed by atoms with E-state index in [9.17, 15) is 0 Å². The van der Waals surface area contributed by atoms with Crippen molar-refractivity contribution >= 4 is 17.4 Å². The second-order valence-electron chi connectivity index (χ2n) is 5.65. The predicted octanol–water partition coefficient (Wildman–Crippen LogP) is 2.39. The van der Waals surface area contributed by atoms with Crippen molar-refractivity contribution in [3.8, 4) is 0 Å². The van der Waals surface area contributed by atoms with Crippen LogP contribution in [0, 0.1) is 12.8 Å². The maximum atomic E-state index is 6.22. The van der Waals surface area contributed by atoms with Crippen LogP contribution in [0.3, 0.4) is 0 Å². The fourth-order valence-electron chi connectivity index (χ4n) is 2.78. The Hall–Kier alpha value is -0.870. The summed E-state index contributed by atoms with van der Waals surface area (Å²) in [5, 5.41) is 0.586. The first-order chi connectivity index (χ1) is 8.93. The summed E-state index contributed by atoms with van der Waals surface area (Å²) in [7, 11) is 4.28. The number of hydrogen-bond acceptors (Lipinski definition) is 4. The van der Waals surface area contributed by atoms with Crippen LogP contribution in [0.15, 0.2) is 0 Å². The number of nitrogens with zero attached hydrogens (tertiary/aromatic N) is 4. The van der Waals surface area contributed by atoms with Crippen LogP contribution in [0.1, 0.15) is 25.2 Å². The van der Waals surface area contributed by atoms with Crippen molar-refractivity contribution in [1.29, 1.82) is 0 Å². The quantitative estimate of drug-likeness (QED) is 0.797. The summed E-state index contributed by atoms with van der Waals surface area (Å²) in [5.41, 5.74) is 0.991. The van der Waals surface area contributed by atoms with E-state index in [0.29, 0.717) is 17.1 Å². The zero-order valence-corrected chi connectivity index (χ0v) is 13.2. The van der Waals surface area contributed by atoms with E-state index in [-0.39, 0.29) is 0 Å². The minimum atomic E-state index is 0.568. The summed E-state index contributed by atoms with van der Waals surface area (Å²) in [4.78, 5) is 13.6. The van der Waals surface area contributed by atoms with Crippen molar-refractivity contribution in [3.63, 3.8) is 0 Å². The molecule has 106 valence electrons. The zero-order chi connectivity index (χ0) is 14.2. The van der Waals surface area contributed by atoms with Gasteiger partial charge >= 0.3 is 0 Å². The lowest BCUT2D eigenvalue weighted by molar-refractivity contribution is 0.266. The van der Waals surface area contributed by atoms with Crippen molar-refractivity contribution < 1.29 is 0 Å². The molecule has 1 aliphatic rings. The first-order valence-electron chi connectivity index (χ1n) is 6.88. The average Bonchev–Trinajstić information content (AvgIpc) is 2.74. The molecule has 2 rings (SSSR count). The third kappa shape index (κ3) is 2.84. The zero-order valence-electron chi connectivity index (χ0n) is 12.4. The first kappa shape index (κ1) is 14.5. The van der Waals surface area contributed by atoms with Crippen molar-refractivity contribution in [2.45, 2.75) is 33.2 Å². The van der Waals surface area contributed by atoms with Crippen LogP contribution in [-0.2, 0) is 6.42 Å². The fourth-order valence-corrected chi connectivity index (χ4v) is 2.96. The highest BCUT2D eigenvalue weighted by atomic mass is 35.5. The highest BCUT2D eigenvalue weighted by molar-refractivity contribution is 6.30. The largest absolute Gasteiger partial charge is 0.354 e. The van der Waals surface area contributed by atoms with E-state index in [4.69, 9.17) is 11.6 Å². The monoisotopic (exact) mass is 282 g/mol. The summed E-state index contributed by atoms with van der Waals surface area (Å²) in [6.45, 7) is 8.39. The molecule has 0 bridgehead atoms. The van der Waals surface area contributed by atoms with Gasteiger partial charge in [-0.2, -0.15) is 0 Å². The lowest BCUT2D eigenvalue weighted by atomic mass is 10.1. The summed E-state index contributed by atoms with van der Waals surface area (Å²) in [5.74, 6) is 2.47. The summed E-state index contributed by atoms with van der Waals surface area (Å²) in [6.07, 6.45) is 0.813. The third-order valence-electron chi connectivity index (χ3n) is 3.96. The predicted molar refractivity (Wildman–Crippen MR) is 80.0 cm³/mol. The van der Waals surface area contributed by atoms with Gasteiger partial charge in [-0.05, 0) is 26.9 Å². The van der Waals surface area contributed by atoms with Gasteiger partial charge in [-0.15, -0.1) is 0 Å². The van der Waals surface area contributed by atoms with Crippen LogP contribution in [0.25, 0.3) is 0 Å². The Morgan fingerprint density at radius 1 is 1.32 bits per heavy atom. The van der Waals surface area contributed by atoms with Crippen LogP contribution in [0.4, 0.5) is 5.82 Å². The average molecular weight is 283 g/mol. The van der Waals surface area contributed by atoms with Crippen LogP contribution >= 0.6 is 11.6 Å². The van der Waals surface area contributed by atoms with Gasteiger partial charge in [0, 0.05) is 31.1 Å². The van der Waals surface area contributed by atoms with Crippen LogP contribution in [-0.4, -0.2) is 48.1 Å². The number of halogens is 1. The molecule has 19 heavy (non-hydrogen) atoms. The molecule has 5 heteroatoms. The van der Waals surface area contributed by atoms with Crippen LogP contribution in [0.2, 0.25) is 5.15 Å². The molecule has 4 nitrogen and oxygen atoms in total. The van der Waals surface area contributed by atoms with Crippen molar-refractivity contribution in [2.75, 3.05) is 32.1 Å². The van der Waals surface area contributed by atoms with Gasteiger partial charge in [0.1, 0.15) is 16.8 Å². The molecule has 2 heterocycles. The first-order valence-corrected chi connectivity index (χ1v) is 7.26. The molecule has 0 spiro atoms. The topological polar surface area (TPSA) is 32.3 Å². The second-order valence-corrected chi connectivity index (χ2v) is 6.00.